The lowest BCUT2D eigenvalue weighted by molar-refractivity contribution is 0.0466. The van der Waals surface area contributed by atoms with E-state index in [4.69, 9.17) is 9.47 Å². The molecule has 0 radical (unpaired) electrons. The fourth-order valence-electron chi connectivity index (χ4n) is 2.27. The van der Waals surface area contributed by atoms with Crippen molar-refractivity contribution in [3.8, 4) is 5.75 Å². The van der Waals surface area contributed by atoms with Crippen LogP contribution in [0.4, 0.5) is 4.39 Å². The maximum atomic E-state index is 13.6. The van der Waals surface area contributed by atoms with Gasteiger partial charge in [0.2, 0.25) is 0 Å². The van der Waals surface area contributed by atoms with E-state index < -0.39 is 11.8 Å². The van der Waals surface area contributed by atoms with Crippen molar-refractivity contribution in [3.63, 3.8) is 0 Å². The molecule has 0 amide bonds. The molecule has 0 saturated heterocycles. The number of ether oxygens (including phenoxy) is 2. The summed E-state index contributed by atoms with van der Waals surface area (Å²) < 4.78 is 25.4. The Morgan fingerprint density at radius 3 is 2.83 bits per heavy atom. The number of aromatic nitrogens is 2. The number of aryl methyl sites for hydroxylation is 1. The molecule has 0 aliphatic carbocycles. The molecule has 2 aromatic heterocycles. The molecule has 0 spiro atoms. The number of hydrogen-bond acceptors (Lipinski definition) is 4. The lowest BCUT2D eigenvalue weighted by atomic mass is 10.2. The highest BCUT2D eigenvalue weighted by atomic mass is 19.1. The average Bonchev–Trinajstić information content (AvgIpc) is 2.98. The van der Waals surface area contributed by atoms with Crippen LogP contribution in [0.1, 0.15) is 21.7 Å². The maximum Gasteiger partial charge on any atom is 0.358 e. The molecule has 0 saturated carbocycles. The minimum atomic E-state index is -0.552. The van der Waals surface area contributed by atoms with E-state index >= 15 is 0 Å². The van der Waals surface area contributed by atoms with E-state index in [0.29, 0.717) is 11.2 Å². The van der Waals surface area contributed by atoms with Crippen molar-refractivity contribution in [2.45, 2.75) is 13.5 Å². The van der Waals surface area contributed by atoms with Crippen LogP contribution in [0.3, 0.4) is 0 Å². The highest BCUT2D eigenvalue weighted by Crippen LogP contribution is 2.18. The second-order valence-electron chi connectivity index (χ2n) is 5.07. The van der Waals surface area contributed by atoms with Gasteiger partial charge in [-0.2, -0.15) is 0 Å². The van der Waals surface area contributed by atoms with Gasteiger partial charge in [-0.1, -0.05) is 12.1 Å². The molecular formula is C17H15FN2O3. The predicted octanol–water partition coefficient (Wildman–Crippen LogP) is 3.15. The number of pyridine rings is 1. The molecular weight excluding hydrogens is 299 g/mol. The summed E-state index contributed by atoms with van der Waals surface area (Å²) in [6.45, 7) is 1.89. The Morgan fingerprint density at radius 2 is 2.13 bits per heavy atom. The normalized spacial score (nSPS) is 10.7. The molecule has 0 bridgehead atoms. The van der Waals surface area contributed by atoms with Crippen molar-refractivity contribution < 1.29 is 18.7 Å². The van der Waals surface area contributed by atoms with Crippen LogP contribution >= 0.6 is 0 Å². The van der Waals surface area contributed by atoms with Crippen molar-refractivity contribution in [3.05, 3.63) is 65.4 Å². The molecule has 23 heavy (non-hydrogen) atoms. The van der Waals surface area contributed by atoms with E-state index in [0.717, 1.165) is 5.69 Å². The van der Waals surface area contributed by atoms with Crippen LogP contribution in [0.15, 0.2) is 42.6 Å². The first-order valence-corrected chi connectivity index (χ1v) is 7.03. The number of nitrogens with zero attached hydrogens (tertiary/aromatic N) is 2. The van der Waals surface area contributed by atoms with Crippen molar-refractivity contribution >= 4 is 11.6 Å². The molecule has 1 aromatic carbocycles. The number of benzene rings is 1. The molecule has 0 atom stereocenters. The van der Waals surface area contributed by atoms with Crippen LogP contribution < -0.4 is 4.74 Å². The zero-order valence-corrected chi connectivity index (χ0v) is 12.7. The highest BCUT2D eigenvalue weighted by molar-refractivity contribution is 5.88. The molecule has 0 fully saturated rings. The number of imidazole rings is 1. The van der Waals surface area contributed by atoms with Gasteiger partial charge >= 0.3 is 5.97 Å². The summed E-state index contributed by atoms with van der Waals surface area (Å²) in [6.07, 6.45) is 1.63. The van der Waals surface area contributed by atoms with Crippen molar-refractivity contribution in [2.24, 2.45) is 0 Å². The minimum Gasteiger partial charge on any atom is -0.494 e. The first-order valence-electron chi connectivity index (χ1n) is 7.03. The number of fused-ring (bicyclic) bond motifs is 1. The molecule has 0 aliphatic heterocycles. The summed E-state index contributed by atoms with van der Waals surface area (Å²) in [7, 11) is 1.39. The van der Waals surface area contributed by atoms with Gasteiger partial charge in [0.1, 0.15) is 12.3 Å². The van der Waals surface area contributed by atoms with Crippen LogP contribution in [0, 0.1) is 12.7 Å². The predicted molar refractivity (Wildman–Crippen MR) is 82.0 cm³/mol. The molecule has 3 aromatic rings. The topological polar surface area (TPSA) is 52.8 Å². The Morgan fingerprint density at radius 1 is 1.30 bits per heavy atom. The number of rotatable bonds is 4. The molecule has 6 heteroatoms. The first-order chi connectivity index (χ1) is 11.1. The standard InChI is InChI=1S/C17H15FN2O3/c1-11-4-3-5-16-19-14(9-20(11)16)17(21)23-10-12-6-7-15(22-2)13(18)8-12/h3-9H,10H2,1-2H3. The van der Waals surface area contributed by atoms with E-state index in [1.807, 2.05) is 29.5 Å². The van der Waals surface area contributed by atoms with Gasteiger partial charge in [0.15, 0.2) is 17.3 Å². The molecule has 3 rings (SSSR count). The largest absolute Gasteiger partial charge is 0.494 e. The van der Waals surface area contributed by atoms with Crippen molar-refractivity contribution in [2.75, 3.05) is 7.11 Å². The first kappa shape index (κ1) is 15.0. The van der Waals surface area contributed by atoms with Crippen molar-refractivity contribution in [1.29, 1.82) is 0 Å². The van der Waals surface area contributed by atoms with Crippen LogP contribution in [-0.2, 0) is 11.3 Å². The third-order valence-electron chi connectivity index (χ3n) is 3.49. The molecule has 118 valence electrons. The summed E-state index contributed by atoms with van der Waals surface area (Å²) >= 11 is 0. The van der Waals surface area contributed by atoms with Gasteiger partial charge in [0.25, 0.3) is 0 Å². The highest BCUT2D eigenvalue weighted by Gasteiger charge is 2.13. The van der Waals surface area contributed by atoms with E-state index in [1.54, 1.807) is 12.3 Å². The molecule has 0 aliphatic rings. The Kier molecular flexibility index (Phi) is 3.97. The van der Waals surface area contributed by atoms with Crippen LogP contribution in [0.5, 0.6) is 5.75 Å². The Labute approximate surface area is 132 Å². The van der Waals surface area contributed by atoms with Gasteiger partial charge in [-0.05, 0) is 36.8 Å². The van der Waals surface area contributed by atoms with Gasteiger partial charge in [-0.15, -0.1) is 0 Å². The second kappa shape index (κ2) is 6.08. The summed E-state index contributed by atoms with van der Waals surface area (Å²) in [5.74, 6) is -0.898. The Bertz CT molecular complexity index is 873. The fraction of sp³-hybridized carbons (Fsp3) is 0.176. The third-order valence-corrected chi connectivity index (χ3v) is 3.49. The molecule has 2 heterocycles. The van der Waals surface area contributed by atoms with E-state index in [9.17, 15) is 9.18 Å². The van der Waals surface area contributed by atoms with E-state index in [2.05, 4.69) is 4.98 Å². The quantitative estimate of drug-likeness (QED) is 0.694. The number of methoxy groups -OCH3 is 1. The average molecular weight is 314 g/mol. The molecule has 0 N–H and O–H groups in total. The van der Waals surface area contributed by atoms with E-state index in [1.165, 1.54) is 19.2 Å². The maximum absolute atomic E-state index is 13.6. The van der Waals surface area contributed by atoms with Gasteiger partial charge in [0, 0.05) is 11.9 Å². The Hall–Kier alpha value is -2.89. The van der Waals surface area contributed by atoms with Gasteiger partial charge in [-0.3, -0.25) is 0 Å². The monoisotopic (exact) mass is 314 g/mol. The van der Waals surface area contributed by atoms with Gasteiger partial charge in [0.05, 0.1) is 7.11 Å². The fourth-order valence-corrected chi connectivity index (χ4v) is 2.27. The summed E-state index contributed by atoms with van der Waals surface area (Å²) in [5, 5.41) is 0. The van der Waals surface area contributed by atoms with Crippen LogP contribution in [0.2, 0.25) is 0 Å². The number of carbonyl (C=O) groups excluding carboxylic acids is 1. The summed E-state index contributed by atoms with van der Waals surface area (Å²) in [4.78, 5) is 16.3. The molecule has 5 nitrogen and oxygen atoms in total. The minimum absolute atomic E-state index is 0.0351. The summed E-state index contributed by atoms with van der Waals surface area (Å²) in [5.41, 5.74) is 2.39. The number of halogens is 1. The zero-order valence-electron chi connectivity index (χ0n) is 12.7. The second-order valence-corrected chi connectivity index (χ2v) is 5.07. The van der Waals surface area contributed by atoms with Gasteiger partial charge in [-0.25, -0.2) is 14.2 Å². The smallest absolute Gasteiger partial charge is 0.358 e. The molecule has 0 unspecified atom stereocenters. The SMILES string of the molecule is COc1ccc(COC(=O)c2cn3c(C)cccc3n2)cc1F. The number of hydrogen-bond donors (Lipinski definition) is 0. The number of carbonyl (C=O) groups is 1. The van der Waals surface area contributed by atoms with E-state index in [-0.39, 0.29) is 18.1 Å². The lowest BCUT2D eigenvalue weighted by Crippen LogP contribution is -2.06. The third kappa shape index (κ3) is 3.01. The van der Waals surface area contributed by atoms with Crippen LogP contribution in [-0.4, -0.2) is 22.5 Å². The summed E-state index contributed by atoms with van der Waals surface area (Å²) in [6, 6.07) is 10.0. The van der Waals surface area contributed by atoms with Crippen LogP contribution in [0.25, 0.3) is 5.65 Å². The Balaban J connectivity index is 1.73. The zero-order chi connectivity index (χ0) is 16.4. The van der Waals surface area contributed by atoms with Gasteiger partial charge < -0.3 is 13.9 Å². The lowest BCUT2D eigenvalue weighted by Gasteiger charge is -2.05. The van der Waals surface area contributed by atoms with Crippen molar-refractivity contribution in [1.82, 2.24) is 9.38 Å². The number of esters is 1.